The topological polar surface area (TPSA) is 95.8 Å². The minimum atomic E-state index is -0.174. The summed E-state index contributed by atoms with van der Waals surface area (Å²) in [5.41, 5.74) is 3.38. The number of rotatable bonds is 13. The molecule has 0 aromatic heterocycles. The zero-order chi connectivity index (χ0) is 25.1. The van der Waals surface area contributed by atoms with E-state index in [0.29, 0.717) is 47.3 Å². The predicted octanol–water partition coefficient (Wildman–Crippen LogP) is 3.36. The Kier molecular flexibility index (Phi) is 10.6. The van der Waals surface area contributed by atoms with Gasteiger partial charge in [-0.15, -0.1) is 0 Å². The first-order valence-corrected chi connectivity index (χ1v) is 10.7. The summed E-state index contributed by atoms with van der Waals surface area (Å²) >= 11 is 0. The summed E-state index contributed by atoms with van der Waals surface area (Å²) in [6.45, 7) is -0.298. The van der Waals surface area contributed by atoms with Gasteiger partial charge in [0.2, 0.25) is 11.5 Å². The second-order valence-electron chi connectivity index (χ2n) is 7.29. The molecule has 0 bridgehead atoms. The molecular weight excluding hydrogens is 440 g/mol. The van der Waals surface area contributed by atoms with E-state index in [0.717, 1.165) is 22.3 Å². The van der Waals surface area contributed by atoms with Gasteiger partial charge in [-0.3, -0.25) is 0 Å². The van der Waals surface area contributed by atoms with E-state index in [2.05, 4.69) is 0 Å². The van der Waals surface area contributed by atoms with Crippen LogP contribution in [-0.2, 0) is 12.8 Å². The molecule has 2 rings (SSSR count). The lowest BCUT2D eigenvalue weighted by molar-refractivity contribution is 0.321. The molecule has 2 aromatic rings. The Morgan fingerprint density at radius 3 is 1.38 bits per heavy atom. The van der Waals surface area contributed by atoms with Gasteiger partial charge in [0, 0.05) is 0 Å². The first kappa shape index (κ1) is 26.9. The Hall–Kier alpha value is -3.36. The lowest BCUT2D eigenvalue weighted by atomic mass is 9.94. The van der Waals surface area contributed by atoms with Gasteiger partial charge in [0.1, 0.15) is 0 Å². The molecule has 0 heterocycles. The maximum Gasteiger partial charge on any atom is 0.203 e. The van der Waals surface area contributed by atoms with Crippen molar-refractivity contribution < 1.29 is 38.6 Å². The summed E-state index contributed by atoms with van der Waals surface area (Å²) in [6, 6.07) is 7.43. The predicted molar refractivity (Wildman–Crippen MR) is 130 cm³/mol. The van der Waals surface area contributed by atoms with Crippen molar-refractivity contribution in [3.05, 3.63) is 58.7 Å². The van der Waals surface area contributed by atoms with Crippen molar-refractivity contribution in [3.8, 4) is 34.5 Å². The normalized spacial score (nSPS) is 11.8. The van der Waals surface area contributed by atoms with Crippen LogP contribution in [0.3, 0.4) is 0 Å². The summed E-state index contributed by atoms with van der Waals surface area (Å²) < 4.78 is 32.7. The smallest absolute Gasteiger partial charge is 0.203 e. The third-order valence-corrected chi connectivity index (χ3v) is 5.33. The molecular formula is C26H34O8. The van der Waals surface area contributed by atoms with E-state index in [1.54, 1.807) is 48.7 Å². The van der Waals surface area contributed by atoms with Gasteiger partial charge in [0.05, 0.1) is 55.9 Å². The lowest BCUT2D eigenvalue weighted by Crippen LogP contribution is -2.05. The Bertz CT molecular complexity index is 960. The molecule has 34 heavy (non-hydrogen) atoms. The Morgan fingerprint density at radius 1 is 0.647 bits per heavy atom. The van der Waals surface area contributed by atoms with Gasteiger partial charge >= 0.3 is 0 Å². The molecule has 0 atom stereocenters. The molecule has 0 saturated heterocycles. The third kappa shape index (κ3) is 6.36. The van der Waals surface area contributed by atoms with Crippen molar-refractivity contribution in [2.75, 3.05) is 55.9 Å². The standard InChI is InChI=1S/C26H34O8/c1-29-21-12-17(13-22(30-2)25(21)33-5)10-19(8-7-9-27)20(16-28)11-18-14-23(31-3)26(34-6)24(15-18)32-4/h7-8,12-15,27-28H,9-11,16H2,1-6H3/b8-7+,20-19-. The van der Waals surface area contributed by atoms with Gasteiger partial charge in [0.15, 0.2) is 23.0 Å². The van der Waals surface area contributed by atoms with Crippen LogP contribution in [0.4, 0.5) is 0 Å². The minimum absolute atomic E-state index is 0.123. The van der Waals surface area contributed by atoms with E-state index < -0.39 is 0 Å². The van der Waals surface area contributed by atoms with Crippen LogP contribution in [0.5, 0.6) is 34.5 Å². The summed E-state index contributed by atoms with van der Waals surface area (Å²) in [5, 5.41) is 19.6. The Labute approximate surface area is 200 Å². The number of allylic oxidation sites excluding steroid dienone is 2. The third-order valence-electron chi connectivity index (χ3n) is 5.33. The molecule has 0 spiro atoms. The highest BCUT2D eigenvalue weighted by atomic mass is 16.5. The van der Waals surface area contributed by atoms with E-state index in [-0.39, 0.29) is 13.2 Å². The summed E-state index contributed by atoms with van der Waals surface area (Å²) in [6.07, 6.45) is 4.35. The van der Waals surface area contributed by atoms with Crippen molar-refractivity contribution in [1.29, 1.82) is 0 Å². The fraction of sp³-hybridized carbons (Fsp3) is 0.385. The van der Waals surface area contributed by atoms with Crippen molar-refractivity contribution in [2.24, 2.45) is 0 Å². The first-order valence-electron chi connectivity index (χ1n) is 10.7. The lowest BCUT2D eigenvalue weighted by Gasteiger charge is -2.17. The number of aliphatic hydroxyl groups excluding tert-OH is 2. The molecule has 0 unspecified atom stereocenters. The SMILES string of the molecule is COc1cc(CC(/C=C/CO)=C(\CO)Cc2cc(OC)c(OC)c(OC)c2)cc(OC)c1OC. The quantitative estimate of drug-likeness (QED) is 0.427. The highest BCUT2D eigenvalue weighted by molar-refractivity contribution is 5.56. The highest BCUT2D eigenvalue weighted by Gasteiger charge is 2.17. The van der Waals surface area contributed by atoms with E-state index >= 15 is 0 Å². The van der Waals surface area contributed by atoms with Gasteiger partial charge in [-0.1, -0.05) is 12.2 Å². The van der Waals surface area contributed by atoms with Crippen LogP contribution < -0.4 is 28.4 Å². The number of methoxy groups -OCH3 is 6. The molecule has 8 heteroatoms. The van der Waals surface area contributed by atoms with Crippen LogP contribution >= 0.6 is 0 Å². The second-order valence-corrected chi connectivity index (χ2v) is 7.29. The Balaban J connectivity index is 2.55. The van der Waals surface area contributed by atoms with Crippen LogP contribution in [0, 0.1) is 0 Å². The Morgan fingerprint density at radius 2 is 1.06 bits per heavy atom. The van der Waals surface area contributed by atoms with Gasteiger partial charge < -0.3 is 38.6 Å². The van der Waals surface area contributed by atoms with Crippen LogP contribution in [0.1, 0.15) is 11.1 Å². The largest absolute Gasteiger partial charge is 0.493 e. The second kappa shape index (κ2) is 13.4. The average Bonchev–Trinajstić information content (AvgIpc) is 2.88. The fourth-order valence-corrected chi connectivity index (χ4v) is 3.71. The van der Waals surface area contributed by atoms with E-state index in [1.165, 1.54) is 0 Å². The van der Waals surface area contributed by atoms with Crippen LogP contribution in [0.25, 0.3) is 0 Å². The molecule has 0 aliphatic heterocycles. The molecule has 186 valence electrons. The van der Waals surface area contributed by atoms with Gasteiger partial charge in [-0.05, 0) is 59.4 Å². The summed E-state index contributed by atoms with van der Waals surface area (Å²) in [5.74, 6) is 3.15. The number of aliphatic hydroxyl groups is 2. The molecule has 0 saturated carbocycles. The summed E-state index contributed by atoms with van der Waals surface area (Å²) in [4.78, 5) is 0. The van der Waals surface area contributed by atoms with E-state index in [1.807, 2.05) is 30.3 Å². The van der Waals surface area contributed by atoms with Crippen molar-refractivity contribution >= 4 is 0 Å². The number of hydrogen-bond donors (Lipinski definition) is 2. The monoisotopic (exact) mass is 474 g/mol. The van der Waals surface area contributed by atoms with Crippen molar-refractivity contribution in [2.45, 2.75) is 12.8 Å². The van der Waals surface area contributed by atoms with Crippen molar-refractivity contribution in [1.82, 2.24) is 0 Å². The molecule has 0 radical (unpaired) electrons. The number of benzene rings is 2. The van der Waals surface area contributed by atoms with E-state index in [9.17, 15) is 10.2 Å². The molecule has 0 aliphatic rings. The number of ether oxygens (including phenoxy) is 6. The van der Waals surface area contributed by atoms with Crippen molar-refractivity contribution in [3.63, 3.8) is 0 Å². The molecule has 0 fully saturated rings. The van der Waals surface area contributed by atoms with E-state index in [4.69, 9.17) is 28.4 Å². The number of hydrogen-bond acceptors (Lipinski definition) is 8. The minimum Gasteiger partial charge on any atom is -0.493 e. The molecule has 2 aromatic carbocycles. The van der Waals surface area contributed by atoms with Gasteiger partial charge in [0.25, 0.3) is 0 Å². The molecule has 0 aliphatic carbocycles. The maximum absolute atomic E-state index is 10.3. The summed E-state index contributed by atoms with van der Waals surface area (Å²) in [7, 11) is 9.35. The molecule has 8 nitrogen and oxygen atoms in total. The highest BCUT2D eigenvalue weighted by Crippen LogP contribution is 2.40. The molecule has 0 amide bonds. The maximum atomic E-state index is 10.3. The molecule has 2 N–H and O–H groups in total. The zero-order valence-electron chi connectivity index (χ0n) is 20.6. The van der Waals surface area contributed by atoms with Crippen LogP contribution in [0.15, 0.2) is 47.6 Å². The van der Waals surface area contributed by atoms with Crippen LogP contribution in [0.2, 0.25) is 0 Å². The average molecular weight is 475 g/mol. The van der Waals surface area contributed by atoms with Gasteiger partial charge in [-0.2, -0.15) is 0 Å². The first-order chi connectivity index (χ1) is 16.5. The van der Waals surface area contributed by atoms with Crippen LogP contribution in [-0.4, -0.2) is 66.1 Å². The van der Waals surface area contributed by atoms with Gasteiger partial charge in [-0.25, -0.2) is 0 Å². The zero-order valence-corrected chi connectivity index (χ0v) is 20.6. The fourth-order valence-electron chi connectivity index (χ4n) is 3.71.